The lowest BCUT2D eigenvalue weighted by molar-refractivity contribution is 0.477. The van der Waals surface area contributed by atoms with Gasteiger partial charge in [-0.3, -0.25) is 4.98 Å². The Morgan fingerprint density at radius 1 is 0.920 bits per heavy atom. The highest BCUT2D eigenvalue weighted by atomic mass is 32.2. The van der Waals surface area contributed by atoms with Gasteiger partial charge in [-0.15, -0.1) is 0 Å². The molecule has 1 aromatic heterocycles. The number of sulfonamides is 2. The summed E-state index contributed by atoms with van der Waals surface area (Å²) >= 11 is 0. The third kappa shape index (κ3) is 4.06. The lowest BCUT2D eigenvalue weighted by Gasteiger charge is -2.15. The van der Waals surface area contributed by atoms with Crippen LogP contribution in [0.4, 0.5) is 0 Å². The van der Waals surface area contributed by atoms with Gasteiger partial charge in [0.05, 0.1) is 22.0 Å². The monoisotopic (exact) mass is 381 g/mol. The molecule has 1 saturated heterocycles. The molecule has 0 radical (unpaired) electrons. The number of nitrogens with one attached hydrogen (secondary N) is 1. The number of hydrogen-bond acceptors (Lipinski definition) is 5. The molecule has 0 spiro atoms. The van der Waals surface area contributed by atoms with Crippen LogP contribution in [0.25, 0.3) is 0 Å². The standard InChI is InChI=1S/C16H19N3O4S2/c20-24(21,18-13-14-5-1-2-10-17-14)15-6-8-16(9-7-15)25(22,23)19-11-3-4-12-19/h1-2,5-10,18H,3-4,11-13H2. The highest BCUT2D eigenvalue weighted by Gasteiger charge is 2.27. The Bertz CT molecular complexity index is 921. The van der Waals surface area contributed by atoms with E-state index in [0.29, 0.717) is 18.8 Å². The molecule has 1 aliphatic heterocycles. The predicted octanol–water partition coefficient (Wildman–Crippen LogP) is 1.34. The number of benzene rings is 1. The summed E-state index contributed by atoms with van der Waals surface area (Å²) in [5.41, 5.74) is 0.597. The normalized spacial score (nSPS) is 16.2. The minimum Gasteiger partial charge on any atom is -0.260 e. The first kappa shape index (κ1) is 18.0. The second-order valence-electron chi connectivity index (χ2n) is 5.73. The molecule has 0 amide bonds. The minimum atomic E-state index is -3.74. The molecule has 1 aromatic carbocycles. The van der Waals surface area contributed by atoms with Gasteiger partial charge in [0.2, 0.25) is 20.0 Å². The van der Waals surface area contributed by atoms with Crippen LogP contribution in [-0.2, 0) is 26.6 Å². The van der Waals surface area contributed by atoms with Gasteiger partial charge in [-0.1, -0.05) is 6.07 Å². The highest BCUT2D eigenvalue weighted by molar-refractivity contribution is 7.89. The van der Waals surface area contributed by atoms with Gasteiger partial charge in [-0.05, 0) is 49.2 Å². The molecule has 3 rings (SSSR count). The van der Waals surface area contributed by atoms with Gasteiger partial charge in [0.15, 0.2) is 0 Å². The molecule has 9 heteroatoms. The molecule has 0 saturated carbocycles. The molecule has 0 aliphatic carbocycles. The van der Waals surface area contributed by atoms with Crippen LogP contribution < -0.4 is 4.72 Å². The molecule has 1 N–H and O–H groups in total. The fourth-order valence-electron chi connectivity index (χ4n) is 2.62. The Labute approximate surface area is 147 Å². The van der Waals surface area contributed by atoms with Gasteiger partial charge in [-0.2, -0.15) is 4.31 Å². The average Bonchev–Trinajstić information content (AvgIpc) is 3.17. The zero-order valence-electron chi connectivity index (χ0n) is 13.5. The van der Waals surface area contributed by atoms with Crippen molar-refractivity contribution in [1.29, 1.82) is 0 Å². The van der Waals surface area contributed by atoms with Crippen molar-refractivity contribution >= 4 is 20.0 Å². The van der Waals surface area contributed by atoms with Crippen LogP contribution >= 0.6 is 0 Å². The van der Waals surface area contributed by atoms with E-state index in [0.717, 1.165) is 12.8 Å². The highest BCUT2D eigenvalue weighted by Crippen LogP contribution is 2.22. The number of rotatable bonds is 6. The van der Waals surface area contributed by atoms with E-state index in [1.54, 1.807) is 24.4 Å². The SMILES string of the molecule is O=S(=O)(NCc1ccccn1)c1ccc(S(=O)(=O)N2CCCC2)cc1. The van der Waals surface area contributed by atoms with E-state index >= 15 is 0 Å². The van der Waals surface area contributed by atoms with Gasteiger partial charge in [0, 0.05) is 19.3 Å². The van der Waals surface area contributed by atoms with E-state index in [-0.39, 0.29) is 16.3 Å². The quantitative estimate of drug-likeness (QED) is 0.815. The molecule has 1 aliphatic rings. The van der Waals surface area contributed by atoms with Crippen molar-refractivity contribution in [3.63, 3.8) is 0 Å². The third-order valence-corrected chi connectivity index (χ3v) is 7.34. The summed E-state index contributed by atoms with van der Waals surface area (Å²) in [6.45, 7) is 1.08. The summed E-state index contributed by atoms with van der Waals surface area (Å²) in [6, 6.07) is 10.5. The van der Waals surface area contributed by atoms with Gasteiger partial charge in [0.25, 0.3) is 0 Å². The Hall–Kier alpha value is -1.81. The molecule has 0 unspecified atom stereocenters. The van der Waals surface area contributed by atoms with Crippen molar-refractivity contribution in [2.45, 2.75) is 29.2 Å². The first-order valence-electron chi connectivity index (χ1n) is 7.89. The van der Waals surface area contributed by atoms with Crippen LogP contribution in [0.1, 0.15) is 18.5 Å². The Morgan fingerprint density at radius 3 is 2.16 bits per heavy atom. The summed E-state index contributed by atoms with van der Waals surface area (Å²) < 4.78 is 53.4. The number of nitrogens with zero attached hydrogens (tertiary/aromatic N) is 2. The van der Waals surface area contributed by atoms with Crippen LogP contribution in [0.2, 0.25) is 0 Å². The number of pyridine rings is 1. The summed E-state index contributed by atoms with van der Waals surface area (Å²) in [6.07, 6.45) is 3.29. The molecular weight excluding hydrogens is 362 g/mol. The van der Waals surface area contributed by atoms with Gasteiger partial charge < -0.3 is 0 Å². The van der Waals surface area contributed by atoms with Crippen LogP contribution in [0.3, 0.4) is 0 Å². The molecule has 2 aromatic rings. The number of aromatic nitrogens is 1. The Kier molecular flexibility index (Phi) is 5.19. The fraction of sp³-hybridized carbons (Fsp3) is 0.312. The molecule has 0 atom stereocenters. The maximum atomic E-state index is 12.5. The zero-order chi connectivity index (χ0) is 17.9. The first-order chi connectivity index (χ1) is 11.9. The van der Waals surface area contributed by atoms with Crippen LogP contribution in [-0.4, -0.2) is 39.2 Å². The van der Waals surface area contributed by atoms with E-state index in [4.69, 9.17) is 0 Å². The maximum Gasteiger partial charge on any atom is 0.243 e. The summed E-state index contributed by atoms with van der Waals surface area (Å²) in [5, 5.41) is 0. The first-order valence-corrected chi connectivity index (χ1v) is 10.8. The Balaban J connectivity index is 1.75. The lowest BCUT2D eigenvalue weighted by Crippen LogP contribution is -2.28. The molecule has 0 bridgehead atoms. The summed E-state index contributed by atoms with van der Waals surface area (Å²) in [7, 11) is -7.29. The second kappa shape index (κ2) is 7.20. The van der Waals surface area contributed by atoms with Crippen molar-refractivity contribution in [3.05, 3.63) is 54.4 Å². The number of hydrogen-bond donors (Lipinski definition) is 1. The predicted molar refractivity (Wildman–Crippen MR) is 92.7 cm³/mol. The van der Waals surface area contributed by atoms with Crippen LogP contribution in [0.5, 0.6) is 0 Å². The molecule has 25 heavy (non-hydrogen) atoms. The zero-order valence-corrected chi connectivity index (χ0v) is 15.1. The van der Waals surface area contributed by atoms with E-state index < -0.39 is 20.0 Å². The lowest BCUT2D eigenvalue weighted by atomic mass is 10.4. The van der Waals surface area contributed by atoms with E-state index in [9.17, 15) is 16.8 Å². The van der Waals surface area contributed by atoms with Crippen molar-refractivity contribution in [1.82, 2.24) is 14.0 Å². The van der Waals surface area contributed by atoms with E-state index in [1.807, 2.05) is 0 Å². The maximum absolute atomic E-state index is 12.5. The average molecular weight is 381 g/mol. The molecular formula is C16H19N3O4S2. The van der Waals surface area contributed by atoms with Gasteiger partial charge >= 0.3 is 0 Å². The molecule has 7 nitrogen and oxygen atoms in total. The summed E-state index contributed by atoms with van der Waals surface area (Å²) in [5.74, 6) is 0. The van der Waals surface area contributed by atoms with Crippen LogP contribution in [0, 0.1) is 0 Å². The largest absolute Gasteiger partial charge is 0.260 e. The summed E-state index contributed by atoms with van der Waals surface area (Å²) in [4.78, 5) is 4.18. The van der Waals surface area contributed by atoms with Crippen molar-refractivity contribution < 1.29 is 16.8 Å². The molecule has 1 fully saturated rings. The van der Waals surface area contributed by atoms with Gasteiger partial charge in [0.1, 0.15) is 0 Å². The van der Waals surface area contributed by atoms with Crippen molar-refractivity contribution in [2.75, 3.05) is 13.1 Å². The van der Waals surface area contributed by atoms with Crippen molar-refractivity contribution in [3.8, 4) is 0 Å². The second-order valence-corrected chi connectivity index (χ2v) is 9.43. The van der Waals surface area contributed by atoms with E-state index in [2.05, 4.69) is 9.71 Å². The molecule has 2 heterocycles. The Morgan fingerprint density at radius 2 is 1.56 bits per heavy atom. The van der Waals surface area contributed by atoms with Gasteiger partial charge in [-0.25, -0.2) is 21.6 Å². The smallest absolute Gasteiger partial charge is 0.243 e. The topological polar surface area (TPSA) is 96.4 Å². The van der Waals surface area contributed by atoms with Crippen molar-refractivity contribution in [2.24, 2.45) is 0 Å². The van der Waals surface area contributed by atoms with E-state index in [1.165, 1.54) is 28.6 Å². The fourth-order valence-corrected chi connectivity index (χ4v) is 5.14. The third-order valence-electron chi connectivity index (χ3n) is 4.01. The molecule has 134 valence electrons. The van der Waals surface area contributed by atoms with Crippen LogP contribution in [0.15, 0.2) is 58.5 Å². The minimum absolute atomic E-state index is 0.0174.